The Hall–Kier alpha value is -2.82. The fourth-order valence-electron chi connectivity index (χ4n) is 3.15. The molecule has 2 N–H and O–H groups in total. The van der Waals surface area contributed by atoms with Crippen molar-refractivity contribution in [1.82, 2.24) is 10.2 Å². The van der Waals surface area contributed by atoms with Crippen LogP contribution in [-0.4, -0.2) is 55.3 Å². The number of rotatable bonds is 8. The Kier molecular flexibility index (Phi) is 7.23. The zero-order valence-corrected chi connectivity index (χ0v) is 18.7. The summed E-state index contributed by atoms with van der Waals surface area (Å²) in [6, 6.07) is 15.5. The van der Waals surface area contributed by atoms with Gasteiger partial charge in [0, 0.05) is 13.1 Å². The quantitative estimate of drug-likeness (QED) is 0.493. The molecule has 2 heterocycles. The maximum Gasteiger partial charge on any atom is 0.234 e. The molecule has 10 heteroatoms. The van der Waals surface area contributed by atoms with Gasteiger partial charge in [0.05, 0.1) is 43.1 Å². The van der Waals surface area contributed by atoms with Gasteiger partial charge >= 0.3 is 0 Å². The molecule has 0 atom stereocenters. The van der Waals surface area contributed by atoms with Crippen LogP contribution in [0.25, 0.3) is 0 Å². The van der Waals surface area contributed by atoms with Crippen LogP contribution in [0.2, 0.25) is 0 Å². The second kappa shape index (κ2) is 10.5. The highest BCUT2D eigenvalue weighted by atomic mass is 32.2. The fourth-order valence-corrected chi connectivity index (χ4v) is 4.72. The Bertz CT molecular complexity index is 1020. The molecule has 4 rings (SSSR count). The first-order valence-electron chi connectivity index (χ1n) is 9.81. The molecule has 2 aromatic carbocycles. The van der Waals surface area contributed by atoms with Gasteiger partial charge in [-0.1, -0.05) is 47.4 Å². The fraction of sp³-hybridized carbons (Fsp3) is 0.286. The molecule has 0 saturated carbocycles. The van der Waals surface area contributed by atoms with Gasteiger partial charge in [-0.15, -0.1) is 10.2 Å². The molecule has 1 saturated heterocycles. The lowest BCUT2D eigenvalue weighted by molar-refractivity contribution is -0.113. The molecule has 0 spiro atoms. The summed E-state index contributed by atoms with van der Waals surface area (Å²) >= 11 is 2.75. The average Bonchev–Trinajstić information content (AvgIpc) is 3.26. The van der Waals surface area contributed by atoms with Crippen molar-refractivity contribution in [3.63, 3.8) is 0 Å². The normalized spacial score (nSPS) is 13.6. The largest absolute Gasteiger partial charge is 0.495 e. The topological polar surface area (TPSA) is 88.6 Å². The molecular weight excluding hydrogens is 434 g/mol. The van der Waals surface area contributed by atoms with E-state index in [4.69, 9.17) is 9.47 Å². The van der Waals surface area contributed by atoms with Crippen LogP contribution in [0.4, 0.5) is 22.2 Å². The van der Waals surface area contributed by atoms with E-state index in [2.05, 4.69) is 25.7 Å². The third-order valence-electron chi connectivity index (χ3n) is 4.61. The first-order valence-corrected chi connectivity index (χ1v) is 11.6. The molecule has 1 fully saturated rings. The third kappa shape index (κ3) is 5.66. The van der Waals surface area contributed by atoms with Gasteiger partial charge < -0.3 is 25.0 Å². The molecule has 1 amide bonds. The van der Waals surface area contributed by atoms with Crippen LogP contribution in [0.15, 0.2) is 52.9 Å². The predicted molar refractivity (Wildman–Crippen MR) is 125 cm³/mol. The summed E-state index contributed by atoms with van der Waals surface area (Å²) < 4.78 is 11.5. The first kappa shape index (κ1) is 21.4. The monoisotopic (exact) mass is 457 g/mol. The first-order chi connectivity index (χ1) is 15.2. The zero-order chi connectivity index (χ0) is 21.5. The van der Waals surface area contributed by atoms with E-state index in [9.17, 15) is 4.79 Å². The molecule has 1 aromatic heterocycles. The van der Waals surface area contributed by atoms with Gasteiger partial charge in [0.25, 0.3) is 0 Å². The van der Waals surface area contributed by atoms with Crippen molar-refractivity contribution in [2.24, 2.45) is 0 Å². The SMILES string of the molecule is COc1ccccc1Nc1nnc(SCC(=O)Nc2ccccc2N2CCOCC2)s1. The number of anilines is 4. The number of methoxy groups -OCH3 is 1. The van der Waals surface area contributed by atoms with Crippen LogP contribution in [0.5, 0.6) is 5.75 Å². The molecule has 0 radical (unpaired) electrons. The Morgan fingerprint density at radius 1 is 1.13 bits per heavy atom. The molecule has 0 bridgehead atoms. The summed E-state index contributed by atoms with van der Waals surface area (Å²) in [5.74, 6) is 0.895. The van der Waals surface area contributed by atoms with E-state index < -0.39 is 0 Å². The second-order valence-corrected chi connectivity index (χ2v) is 8.85. The van der Waals surface area contributed by atoms with E-state index >= 15 is 0 Å². The van der Waals surface area contributed by atoms with Crippen molar-refractivity contribution < 1.29 is 14.3 Å². The minimum atomic E-state index is -0.0832. The van der Waals surface area contributed by atoms with Gasteiger partial charge in [-0.25, -0.2) is 0 Å². The number of hydrogen-bond acceptors (Lipinski definition) is 9. The molecular formula is C21H23N5O3S2. The van der Waals surface area contributed by atoms with Crippen molar-refractivity contribution in [1.29, 1.82) is 0 Å². The minimum absolute atomic E-state index is 0.0832. The van der Waals surface area contributed by atoms with Crippen molar-refractivity contribution in [2.45, 2.75) is 4.34 Å². The standard InChI is InChI=1S/C21H23N5O3S2/c1-28-18-9-5-3-7-16(18)23-20-24-25-21(31-20)30-14-19(27)22-15-6-2-4-8-17(15)26-10-12-29-13-11-26/h2-9H,10-14H2,1H3,(H,22,27)(H,23,24). The highest BCUT2D eigenvalue weighted by molar-refractivity contribution is 8.01. The summed E-state index contributed by atoms with van der Waals surface area (Å²) in [6.45, 7) is 3.02. The highest BCUT2D eigenvalue weighted by Crippen LogP contribution is 2.32. The molecule has 1 aliphatic rings. The van der Waals surface area contributed by atoms with E-state index in [0.29, 0.717) is 22.7 Å². The predicted octanol–water partition coefficient (Wildman–Crippen LogP) is 3.86. The summed E-state index contributed by atoms with van der Waals surface area (Å²) in [4.78, 5) is 14.8. The van der Waals surface area contributed by atoms with Gasteiger partial charge in [0.2, 0.25) is 11.0 Å². The number of hydrogen-bond donors (Lipinski definition) is 2. The van der Waals surface area contributed by atoms with Crippen LogP contribution in [-0.2, 0) is 9.53 Å². The van der Waals surface area contributed by atoms with E-state index in [1.807, 2.05) is 48.5 Å². The van der Waals surface area contributed by atoms with E-state index in [-0.39, 0.29) is 11.7 Å². The molecule has 0 aliphatic carbocycles. The van der Waals surface area contributed by atoms with Gasteiger partial charge in [-0.2, -0.15) is 0 Å². The number of thioether (sulfide) groups is 1. The number of aromatic nitrogens is 2. The molecule has 162 valence electrons. The van der Waals surface area contributed by atoms with E-state index in [0.717, 1.165) is 35.9 Å². The molecule has 8 nitrogen and oxygen atoms in total. The number of para-hydroxylation sites is 4. The van der Waals surface area contributed by atoms with Crippen molar-refractivity contribution in [3.05, 3.63) is 48.5 Å². The Labute approximate surface area is 189 Å². The minimum Gasteiger partial charge on any atom is -0.495 e. The lowest BCUT2D eigenvalue weighted by Gasteiger charge is -2.30. The number of carbonyl (C=O) groups excluding carboxylic acids is 1. The summed E-state index contributed by atoms with van der Waals surface area (Å²) in [7, 11) is 1.62. The highest BCUT2D eigenvalue weighted by Gasteiger charge is 2.16. The van der Waals surface area contributed by atoms with E-state index in [1.54, 1.807) is 7.11 Å². The Balaban J connectivity index is 1.33. The maximum atomic E-state index is 12.6. The van der Waals surface area contributed by atoms with Gasteiger partial charge in [0.15, 0.2) is 4.34 Å². The number of amides is 1. The number of nitrogens with zero attached hydrogens (tertiary/aromatic N) is 3. The molecule has 3 aromatic rings. The van der Waals surface area contributed by atoms with Crippen LogP contribution in [0, 0.1) is 0 Å². The van der Waals surface area contributed by atoms with Crippen LogP contribution < -0.4 is 20.3 Å². The third-order valence-corrected chi connectivity index (χ3v) is 6.58. The number of carbonyl (C=O) groups is 1. The van der Waals surface area contributed by atoms with E-state index in [1.165, 1.54) is 23.1 Å². The van der Waals surface area contributed by atoms with Gasteiger partial charge in [-0.05, 0) is 24.3 Å². The maximum absolute atomic E-state index is 12.6. The van der Waals surface area contributed by atoms with Gasteiger partial charge in [-0.3, -0.25) is 4.79 Å². The molecule has 31 heavy (non-hydrogen) atoms. The van der Waals surface area contributed by atoms with Crippen LogP contribution >= 0.6 is 23.1 Å². The second-order valence-electron chi connectivity index (χ2n) is 6.65. The lowest BCUT2D eigenvalue weighted by atomic mass is 10.2. The van der Waals surface area contributed by atoms with Crippen LogP contribution in [0.1, 0.15) is 0 Å². The number of nitrogens with one attached hydrogen (secondary N) is 2. The lowest BCUT2D eigenvalue weighted by Crippen LogP contribution is -2.36. The van der Waals surface area contributed by atoms with Crippen molar-refractivity contribution >= 4 is 51.2 Å². The van der Waals surface area contributed by atoms with Crippen LogP contribution in [0.3, 0.4) is 0 Å². The number of ether oxygens (including phenoxy) is 2. The zero-order valence-electron chi connectivity index (χ0n) is 17.0. The Morgan fingerprint density at radius 2 is 1.87 bits per heavy atom. The van der Waals surface area contributed by atoms with Crippen molar-refractivity contribution in [2.75, 3.05) is 54.7 Å². The summed E-state index contributed by atoms with van der Waals surface area (Å²) in [5.41, 5.74) is 2.64. The summed E-state index contributed by atoms with van der Waals surface area (Å²) in [5, 5.41) is 15.2. The summed E-state index contributed by atoms with van der Waals surface area (Å²) in [6.07, 6.45) is 0. The molecule has 1 aliphatic heterocycles. The number of morpholine rings is 1. The molecule has 0 unspecified atom stereocenters. The van der Waals surface area contributed by atoms with Crippen molar-refractivity contribution in [3.8, 4) is 5.75 Å². The number of benzene rings is 2. The Morgan fingerprint density at radius 3 is 2.68 bits per heavy atom. The average molecular weight is 458 g/mol. The van der Waals surface area contributed by atoms with Gasteiger partial charge in [0.1, 0.15) is 5.75 Å². The smallest absolute Gasteiger partial charge is 0.234 e.